The van der Waals surface area contributed by atoms with Gasteiger partial charge in [-0.25, -0.2) is 0 Å². The highest BCUT2D eigenvalue weighted by molar-refractivity contribution is 5.99. The van der Waals surface area contributed by atoms with E-state index in [4.69, 9.17) is 9.73 Å². The van der Waals surface area contributed by atoms with Crippen molar-refractivity contribution in [3.05, 3.63) is 12.2 Å². The maximum absolute atomic E-state index is 12.9. The van der Waals surface area contributed by atoms with Crippen molar-refractivity contribution >= 4 is 11.7 Å². The van der Waals surface area contributed by atoms with Gasteiger partial charge in [-0.3, -0.25) is 9.79 Å². The molecule has 8 aliphatic rings. The summed E-state index contributed by atoms with van der Waals surface area (Å²) < 4.78 is 6.29. The minimum absolute atomic E-state index is 0.0907. The molecule has 0 aromatic rings. The molecule has 29 heavy (non-hydrogen) atoms. The summed E-state index contributed by atoms with van der Waals surface area (Å²) in [6, 6.07) is 0. The Labute approximate surface area is 174 Å². The zero-order valence-corrected chi connectivity index (χ0v) is 18.2. The Bertz CT molecular complexity index is 849. The van der Waals surface area contributed by atoms with Gasteiger partial charge in [0.1, 0.15) is 6.10 Å². The molecule has 7 aliphatic carbocycles. The second kappa shape index (κ2) is 5.36. The molecule has 158 valence electrons. The molecule has 0 aromatic heterocycles. The quantitative estimate of drug-likeness (QED) is 0.570. The molecule has 0 radical (unpaired) electrons. The molecule has 9 atom stereocenters. The number of nitrogens with zero attached hydrogens (tertiary/aromatic N) is 1. The van der Waals surface area contributed by atoms with Gasteiger partial charge in [0.15, 0.2) is 0 Å². The van der Waals surface area contributed by atoms with Gasteiger partial charge in [-0.05, 0) is 68.8 Å². The first-order chi connectivity index (χ1) is 13.7. The van der Waals surface area contributed by atoms with E-state index in [9.17, 15) is 9.90 Å². The van der Waals surface area contributed by atoms with Crippen molar-refractivity contribution in [3.63, 3.8) is 0 Å². The molecule has 0 unspecified atom stereocenters. The van der Waals surface area contributed by atoms with Crippen LogP contribution in [0, 0.1) is 39.9 Å². The largest absolute Gasteiger partial charge is 0.457 e. The van der Waals surface area contributed by atoms with E-state index in [2.05, 4.69) is 13.5 Å². The fourth-order valence-electron chi connectivity index (χ4n) is 9.41. The van der Waals surface area contributed by atoms with Crippen molar-refractivity contribution in [1.29, 1.82) is 0 Å². The average Bonchev–Trinajstić information content (AvgIpc) is 3.03. The highest BCUT2D eigenvalue weighted by Crippen LogP contribution is 2.81. The molecule has 1 heterocycles. The predicted octanol–water partition coefficient (Wildman–Crippen LogP) is 4.31. The second-order valence-corrected chi connectivity index (χ2v) is 11.5. The van der Waals surface area contributed by atoms with E-state index in [0.717, 1.165) is 57.1 Å². The van der Waals surface area contributed by atoms with Crippen molar-refractivity contribution in [2.75, 3.05) is 6.54 Å². The number of carbonyl (C=O) groups excluding carboxylic acids is 1. The number of aliphatic hydroxyl groups is 1. The third-order valence-electron chi connectivity index (χ3n) is 10.9. The van der Waals surface area contributed by atoms with E-state index >= 15 is 0 Å². The van der Waals surface area contributed by atoms with Gasteiger partial charge in [0.05, 0.1) is 11.5 Å². The summed E-state index contributed by atoms with van der Waals surface area (Å²) in [4.78, 5) is 18.1. The highest BCUT2D eigenvalue weighted by atomic mass is 16.5. The highest BCUT2D eigenvalue weighted by Gasteiger charge is 2.84. The second-order valence-electron chi connectivity index (χ2n) is 11.5. The van der Waals surface area contributed by atoms with Crippen LogP contribution < -0.4 is 0 Å². The predicted molar refractivity (Wildman–Crippen MR) is 111 cm³/mol. The minimum Gasteiger partial charge on any atom is -0.457 e. The van der Waals surface area contributed by atoms with E-state index < -0.39 is 5.60 Å². The smallest absolute Gasteiger partial charge is 0.309 e. The first-order valence-corrected chi connectivity index (χ1v) is 11.9. The number of fused-ring (bicyclic) bond motifs is 2. The minimum atomic E-state index is -0.690. The van der Waals surface area contributed by atoms with E-state index in [1.54, 1.807) is 0 Å². The lowest BCUT2D eigenvalue weighted by molar-refractivity contribution is -0.296. The Morgan fingerprint density at radius 2 is 2.10 bits per heavy atom. The SMILES string of the molecule is C=C1[C@H]2C[C@@H]3C4=NC[C@]5(C)CCC[C@]6(O)[C@H](C2)[C@]3(CC[C@@]456)[C@@H]1OC(=O)[C@@H](C)CC. The van der Waals surface area contributed by atoms with Gasteiger partial charge in [0.25, 0.3) is 0 Å². The first-order valence-electron chi connectivity index (χ1n) is 11.9. The van der Waals surface area contributed by atoms with Crippen molar-refractivity contribution in [2.24, 2.45) is 44.9 Å². The van der Waals surface area contributed by atoms with Crippen molar-refractivity contribution < 1.29 is 14.6 Å². The van der Waals surface area contributed by atoms with E-state index in [0.29, 0.717) is 11.8 Å². The maximum atomic E-state index is 12.9. The molecule has 0 amide bonds. The van der Waals surface area contributed by atoms with Gasteiger partial charge in [-0.1, -0.05) is 27.4 Å². The molecule has 0 aromatic carbocycles. The van der Waals surface area contributed by atoms with Crippen LogP contribution in [0.4, 0.5) is 0 Å². The van der Waals surface area contributed by atoms with Crippen LogP contribution in [-0.4, -0.2) is 35.0 Å². The van der Waals surface area contributed by atoms with Crippen molar-refractivity contribution in [3.8, 4) is 0 Å². The van der Waals surface area contributed by atoms with Gasteiger partial charge in [0.2, 0.25) is 0 Å². The molecule has 5 bridgehead atoms. The lowest BCUT2D eigenvalue weighted by atomic mass is 9.26. The number of hydrogen-bond acceptors (Lipinski definition) is 4. The first kappa shape index (κ1) is 18.6. The Hall–Kier alpha value is -1.16. The van der Waals surface area contributed by atoms with Crippen LogP contribution in [0.3, 0.4) is 0 Å². The molecule has 2 spiro atoms. The average molecular weight is 398 g/mol. The van der Waals surface area contributed by atoms with Crippen molar-refractivity contribution in [1.82, 2.24) is 0 Å². The molecular weight excluding hydrogens is 362 g/mol. The number of rotatable bonds is 3. The normalized spacial score (nSPS) is 54.8. The van der Waals surface area contributed by atoms with Crippen LogP contribution in [0.25, 0.3) is 0 Å². The van der Waals surface area contributed by atoms with E-state index in [-0.39, 0.29) is 40.2 Å². The number of aliphatic imine (C=N–C) groups is 1. The summed E-state index contributed by atoms with van der Waals surface area (Å²) in [7, 11) is 0. The molecule has 4 nitrogen and oxygen atoms in total. The molecule has 0 saturated heterocycles. The van der Waals surface area contributed by atoms with Gasteiger partial charge in [-0.2, -0.15) is 0 Å². The van der Waals surface area contributed by atoms with Gasteiger partial charge in [0, 0.05) is 34.4 Å². The molecule has 7 fully saturated rings. The standard InChI is InChI=1S/C25H35NO3/c1-5-14(2)21(27)29-20-15(3)16-11-17-19-24-10-9-23(17,20)18(12-16)25(24,28)8-6-7-22(24,4)13-26-19/h14,16-18,20,28H,3,5-13H2,1-2,4H3/t14-,16-,17+,18+,20+,22-,23+,24+,25-/m0/s1. The van der Waals surface area contributed by atoms with Gasteiger partial charge >= 0.3 is 5.97 Å². The van der Waals surface area contributed by atoms with Crippen LogP contribution in [0.2, 0.25) is 0 Å². The molecule has 1 aliphatic heterocycles. The van der Waals surface area contributed by atoms with Crippen LogP contribution in [0.1, 0.15) is 72.1 Å². The lowest BCUT2D eigenvalue weighted by Crippen LogP contribution is -2.82. The topological polar surface area (TPSA) is 58.9 Å². The monoisotopic (exact) mass is 397 g/mol. The Morgan fingerprint density at radius 1 is 1.31 bits per heavy atom. The molecule has 7 saturated carbocycles. The molecular formula is C25H35NO3. The zero-order chi connectivity index (χ0) is 20.4. The van der Waals surface area contributed by atoms with Gasteiger partial charge in [-0.15, -0.1) is 0 Å². The maximum Gasteiger partial charge on any atom is 0.309 e. The van der Waals surface area contributed by atoms with Crippen LogP contribution in [0.15, 0.2) is 17.1 Å². The summed E-state index contributed by atoms with van der Waals surface area (Å²) in [6.45, 7) is 11.7. The summed E-state index contributed by atoms with van der Waals surface area (Å²) in [5.41, 5.74) is 1.52. The van der Waals surface area contributed by atoms with Crippen LogP contribution in [-0.2, 0) is 9.53 Å². The van der Waals surface area contributed by atoms with E-state index in [1.807, 2.05) is 13.8 Å². The molecule has 4 heteroatoms. The Morgan fingerprint density at radius 3 is 2.86 bits per heavy atom. The number of carbonyl (C=O) groups is 1. The Balaban J connectivity index is 1.51. The van der Waals surface area contributed by atoms with Crippen LogP contribution >= 0.6 is 0 Å². The van der Waals surface area contributed by atoms with Crippen molar-refractivity contribution in [2.45, 2.75) is 83.8 Å². The third-order valence-corrected chi connectivity index (χ3v) is 10.9. The molecule has 1 N–H and O–H groups in total. The summed E-state index contributed by atoms with van der Waals surface area (Å²) in [6.07, 6.45) is 7.85. The zero-order valence-electron chi connectivity index (χ0n) is 18.2. The fraction of sp³-hybridized carbons (Fsp3) is 0.840. The summed E-state index contributed by atoms with van der Waals surface area (Å²) in [5, 5.41) is 12.5. The lowest BCUT2D eigenvalue weighted by Gasteiger charge is -2.78. The van der Waals surface area contributed by atoms with Gasteiger partial charge < -0.3 is 9.84 Å². The number of hydrogen-bond donors (Lipinski definition) is 1. The summed E-state index contributed by atoms with van der Waals surface area (Å²) in [5.74, 6) is 0.736. The van der Waals surface area contributed by atoms with Crippen LogP contribution in [0.5, 0.6) is 0 Å². The Kier molecular flexibility index (Phi) is 3.44. The number of esters is 1. The fourth-order valence-corrected chi connectivity index (χ4v) is 9.41. The van der Waals surface area contributed by atoms with E-state index in [1.165, 1.54) is 12.1 Å². The third kappa shape index (κ3) is 1.73. The number of ether oxygens (including phenoxy) is 1. The summed E-state index contributed by atoms with van der Waals surface area (Å²) >= 11 is 0. The molecule has 8 rings (SSSR count).